The molecule has 0 saturated carbocycles. The third kappa shape index (κ3) is 5.26. The van der Waals surface area contributed by atoms with E-state index in [1.807, 2.05) is 45.4 Å². The van der Waals surface area contributed by atoms with E-state index in [1.165, 1.54) is 19.1 Å². The number of rotatable bonds is 8. The number of nitrogens with one attached hydrogen (secondary N) is 3. The van der Waals surface area contributed by atoms with Crippen molar-refractivity contribution in [2.45, 2.75) is 6.92 Å². The highest BCUT2D eigenvalue weighted by Gasteiger charge is 2.19. The minimum absolute atomic E-state index is 0.180. The van der Waals surface area contributed by atoms with Crippen molar-refractivity contribution in [3.05, 3.63) is 60.4 Å². The number of carbonyl (C=O) groups is 1. The highest BCUT2D eigenvalue weighted by atomic mass is 19.2. The number of halogens is 2. The van der Waals surface area contributed by atoms with E-state index in [0.29, 0.717) is 45.1 Å². The lowest BCUT2D eigenvalue weighted by Gasteiger charge is -2.24. The van der Waals surface area contributed by atoms with Gasteiger partial charge in [-0.1, -0.05) is 0 Å². The molecule has 5 aromatic rings. The molecule has 0 fully saturated rings. The molecule has 3 aromatic heterocycles. The number of H-pyrrole nitrogens is 1. The molecular weight excluding hydrogens is 502 g/mol. The lowest BCUT2D eigenvalue weighted by molar-refractivity contribution is -0.114. The van der Waals surface area contributed by atoms with E-state index >= 15 is 0 Å². The fourth-order valence-electron chi connectivity index (χ4n) is 4.60. The van der Waals surface area contributed by atoms with Crippen LogP contribution in [-0.2, 0) is 11.8 Å². The second kappa shape index (κ2) is 10.3. The van der Waals surface area contributed by atoms with Crippen LogP contribution < -0.4 is 15.5 Å². The minimum atomic E-state index is -0.922. The SMILES string of the molecule is CC(=O)Nc1cc(Nc2nc(-c3cn(C)c4cc(F)c(F)cc34)c3cc[nH]c3n2)ccc1N(C)CCN(C)C. The van der Waals surface area contributed by atoms with Gasteiger partial charge in [-0.05, 0) is 44.4 Å². The van der Waals surface area contributed by atoms with Crippen LogP contribution in [0.3, 0.4) is 0 Å². The van der Waals surface area contributed by atoms with Crippen LogP contribution >= 0.6 is 0 Å². The average molecular weight is 533 g/mol. The molecule has 1 amide bonds. The highest BCUT2D eigenvalue weighted by molar-refractivity contribution is 6.03. The largest absolute Gasteiger partial charge is 0.372 e. The summed E-state index contributed by atoms with van der Waals surface area (Å²) in [4.78, 5) is 28.6. The topological polar surface area (TPSA) is 94.1 Å². The summed E-state index contributed by atoms with van der Waals surface area (Å²) >= 11 is 0. The molecule has 0 bridgehead atoms. The molecule has 0 aliphatic rings. The first-order chi connectivity index (χ1) is 18.6. The lowest BCUT2D eigenvalue weighted by Crippen LogP contribution is -2.29. The van der Waals surface area contributed by atoms with E-state index in [-0.39, 0.29) is 5.91 Å². The molecule has 39 heavy (non-hydrogen) atoms. The van der Waals surface area contributed by atoms with E-state index in [4.69, 9.17) is 4.98 Å². The van der Waals surface area contributed by atoms with Gasteiger partial charge < -0.3 is 30.0 Å². The van der Waals surface area contributed by atoms with E-state index < -0.39 is 11.6 Å². The lowest BCUT2D eigenvalue weighted by atomic mass is 10.1. The Kier molecular flexibility index (Phi) is 6.92. The van der Waals surface area contributed by atoms with Crippen molar-refractivity contribution in [3.63, 3.8) is 0 Å². The van der Waals surface area contributed by atoms with Crippen LogP contribution in [0, 0.1) is 11.6 Å². The van der Waals surface area contributed by atoms with E-state index in [9.17, 15) is 13.6 Å². The van der Waals surface area contributed by atoms with Crippen molar-refractivity contribution >= 4 is 50.9 Å². The number of benzene rings is 2. The normalized spacial score (nSPS) is 11.5. The molecule has 5 rings (SSSR count). The van der Waals surface area contributed by atoms with Crippen LogP contribution in [0.4, 0.5) is 31.8 Å². The van der Waals surface area contributed by atoms with Gasteiger partial charge in [0.15, 0.2) is 11.6 Å². The number of anilines is 4. The number of aromatic nitrogens is 4. The van der Waals surface area contributed by atoms with Gasteiger partial charge in [-0.15, -0.1) is 0 Å². The molecule has 0 spiro atoms. The van der Waals surface area contributed by atoms with Gasteiger partial charge in [0.05, 0.1) is 22.6 Å². The molecule has 202 valence electrons. The highest BCUT2D eigenvalue weighted by Crippen LogP contribution is 2.36. The molecule has 0 radical (unpaired) electrons. The Hall–Kier alpha value is -4.51. The maximum Gasteiger partial charge on any atom is 0.229 e. The van der Waals surface area contributed by atoms with Gasteiger partial charge in [0, 0.05) is 74.6 Å². The third-order valence-corrected chi connectivity index (χ3v) is 6.56. The molecule has 3 N–H and O–H groups in total. The molecule has 3 heterocycles. The molecule has 0 aliphatic carbocycles. The minimum Gasteiger partial charge on any atom is -0.372 e. The summed E-state index contributed by atoms with van der Waals surface area (Å²) in [7, 11) is 7.78. The van der Waals surface area contributed by atoms with Crippen molar-refractivity contribution in [1.29, 1.82) is 0 Å². The van der Waals surface area contributed by atoms with Crippen molar-refractivity contribution in [3.8, 4) is 11.3 Å². The summed E-state index contributed by atoms with van der Waals surface area (Å²) < 4.78 is 29.9. The monoisotopic (exact) mass is 532 g/mol. The Morgan fingerprint density at radius 2 is 1.79 bits per heavy atom. The quantitative estimate of drug-likeness (QED) is 0.258. The molecule has 0 unspecified atom stereocenters. The third-order valence-electron chi connectivity index (χ3n) is 6.56. The number of aromatic amines is 1. The van der Waals surface area contributed by atoms with Gasteiger partial charge in [-0.3, -0.25) is 4.79 Å². The molecule has 0 aliphatic heterocycles. The number of nitrogens with zero attached hydrogens (tertiary/aromatic N) is 5. The maximum atomic E-state index is 14.2. The number of hydrogen-bond acceptors (Lipinski definition) is 6. The zero-order chi connectivity index (χ0) is 27.8. The van der Waals surface area contributed by atoms with Gasteiger partial charge in [0.2, 0.25) is 11.9 Å². The number of amides is 1. The number of hydrogen-bond donors (Lipinski definition) is 3. The Morgan fingerprint density at radius 1 is 1.03 bits per heavy atom. The van der Waals surface area contributed by atoms with Gasteiger partial charge in [-0.25, -0.2) is 13.8 Å². The second-order valence-corrected chi connectivity index (χ2v) is 9.84. The predicted octanol–water partition coefficient (Wildman–Crippen LogP) is 5.09. The summed E-state index contributed by atoms with van der Waals surface area (Å²) in [6, 6.07) is 9.88. The van der Waals surface area contributed by atoms with Gasteiger partial charge >= 0.3 is 0 Å². The number of fused-ring (bicyclic) bond motifs is 2. The molecular formula is C28H30F2N8O. The van der Waals surface area contributed by atoms with Crippen molar-refractivity contribution in [2.75, 3.05) is 49.8 Å². The van der Waals surface area contributed by atoms with E-state index in [1.54, 1.807) is 24.0 Å². The van der Waals surface area contributed by atoms with Crippen LogP contribution in [-0.4, -0.2) is 64.6 Å². The summed E-state index contributed by atoms with van der Waals surface area (Å²) in [5.74, 6) is -1.70. The summed E-state index contributed by atoms with van der Waals surface area (Å²) in [5.41, 5.74) is 4.57. The van der Waals surface area contributed by atoms with Gasteiger partial charge in [0.25, 0.3) is 0 Å². The van der Waals surface area contributed by atoms with Crippen LogP contribution in [0.1, 0.15) is 6.92 Å². The van der Waals surface area contributed by atoms with Gasteiger partial charge in [-0.2, -0.15) is 4.98 Å². The summed E-state index contributed by atoms with van der Waals surface area (Å²) in [5, 5.41) is 7.44. The Bertz CT molecular complexity index is 1690. The van der Waals surface area contributed by atoms with Crippen LogP contribution in [0.2, 0.25) is 0 Å². The van der Waals surface area contributed by atoms with E-state index in [2.05, 4.69) is 30.4 Å². The molecule has 2 aromatic carbocycles. The Balaban J connectivity index is 1.55. The first-order valence-electron chi connectivity index (χ1n) is 12.4. The zero-order valence-corrected chi connectivity index (χ0v) is 22.4. The number of aryl methyl sites for hydroxylation is 1. The predicted molar refractivity (Wildman–Crippen MR) is 152 cm³/mol. The van der Waals surface area contributed by atoms with Crippen molar-refractivity contribution in [1.82, 2.24) is 24.4 Å². The smallest absolute Gasteiger partial charge is 0.229 e. The first-order valence-corrected chi connectivity index (χ1v) is 12.4. The maximum absolute atomic E-state index is 14.2. The Morgan fingerprint density at radius 3 is 2.54 bits per heavy atom. The van der Waals surface area contributed by atoms with Crippen molar-refractivity contribution in [2.24, 2.45) is 7.05 Å². The average Bonchev–Trinajstić information content (AvgIpc) is 3.47. The fraction of sp³-hybridized carbons (Fsp3) is 0.250. The molecule has 11 heteroatoms. The summed E-state index contributed by atoms with van der Waals surface area (Å²) in [6.07, 6.45) is 3.56. The molecule has 0 saturated heterocycles. The van der Waals surface area contributed by atoms with Crippen LogP contribution in [0.5, 0.6) is 0 Å². The molecule has 0 atom stereocenters. The molecule has 9 nitrogen and oxygen atoms in total. The van der Waals surface area contributed by atoms with Crippen LogP contribution in [0.25, 0.3) is 33.2 Å². The fourth-order valence-corrected chi connectivity index (χ4v) is 4.60. The summed E-state index contributed by atoms with van der Waals surface area (Å²) in [6.45, 7) is 3.10. The number of likely N-dealkylation sites (N-methyl/N-ethyl adjacent to an activating group) is 2. The van der Waals surface area contributed by atoms with Gasteiger partial charge in [0.1, 0.15) is 5.65 Å². The second-order valence-electron chi connectivity index (χ2n) is 9.84. The number of carbonyl (C=O) groups excluding carboxylic acids is 1. The standard InChI is InChI=1S/C28H30F2N8O/c1-16(39)32-23-12-17(6-7-24(23)37(4)11-10-36(2)3)33-28-34-26(18-8-9-31-27(18)35-28)20-15-38(5)25-14-22(30)21(29)13-19(20)25/h6-9,12-15H,10-11H2,1-5H3,(H,32,39)(H2,31,33,34,35). The Labute approximate surface area is 224 Å². The van der Waals surface area contributed by atoms with Crippen LogP contribution in [0.15, 0.2) is 48.8 Å². The van der Waals surface area contributed by atoms with Crippen molar-refractivity contribution < 1.29 is 13.6 Å². The first kappa shape index (κ1) is 26.1. The zero-order valence-electron chi connectivity index (χ0n) is 22.4. The van der Waals surface area contributed by atoms with E-state index in [0.717, 1.165) is 24.2 Å².